The van der Waals surface area contributed by atoms with Crippen LogP contribution in [0.25, 0.3) is 5.69 Å². The number of benzene rings is 1. The van der Waals surface area contributed by atoms with E-state index >= 15 is 0 Å². The van der Waals surface area contributed by atoms with E-state index in [0.717, 1.165) is 16.7 Å². The van der Waals surface area contributed by atoms with Gasteiger partial charge in [0.25, 0.3) is 5.91 Å². The number of amides is 1. The molecule has 0 fully saturated rings. The van der Waals surface area contributed by atoms with Crippen LogP contribution in [-0.4, -0.2) is 10.5 Å². The zero-order valence-electron chi connectivity index (χ0n) is 8.45. The number of nitrogens with two attached hydrogens (primary N) is 1. The van der Waals surface area contributed by atoms with E-state index in [1.54, 1.807) is 0 Å². The molecule has 6 heteroatoms. The fraction of sp³-hybridized carbons (Fsp3) is 0. The SMILES string of the molecule is NC(=O)c1cccn1-c1ccc(F)c(F)c1F. The molecule has 0 aliphatic carbocycles. The predicted molar refractivity (Wildman–Crippen MR) is 54.2 cm³/mol. The van der Waals surface area contributed by atoms with Crippen LogP contribution in [-0.2, 0) is 0 Å². The smallest absolute Gasteiger partial charge is 0.265 e. The maximum atomic E-state index is 13.5. The molecule has 1 heterocycles. The molecule has 17 heavy (non-hydrogen) atoms. The van der Waals surface area contributed by atoms with Gasteiger partial charge in [-0.25, -0.2) is 13.2 Å². The topological polar surface area (TPSA) is 48.0 Å². The molecule has 0 saturated carbocycles. The summed E-state index contributed by atoms with van der Waals surface area (Å²) >= 11 is 0. The van der Waals surface area contributed by atoms with E-state index in [1.165, 1.54) is 18.3 Å². The predicted octanol–water partition coefficient (Wildman–Crippen LogP) is 1.99. The van der Waals surface area contributed by atoms with Gasteiger partial charge in [-0.05, 0) is 24.3 Å². The highest BCUT2D eigenvalue weighted by Gasteiger charge is 2.17. The largest absolute Gasteiger partial charge is 0.364 e. The molecular formula is C11H7F3N2O. The Hall–Kier alpha value is -2.24. The number of nitrogens with zero attached hydrogens (tertiary/aromatic N) is 1. The minimum Gasteiger partial charge on any atom is -0.364 e. The normalized spacial score (nSPS) is 10.5. The standard InChI is InChI=1S/C11H7F3N2O/c12-6-3-4-7(10(14)9(6)13)16-5-1-2-8(16)11(15)17/h1-5H,(H2,15,17). The highest BCUT2D eigenvalue weighted by atomic mass is 19.2. The van der Waals surface area contributed by atoms with Crippen LogP contribution in [0.3, 0.4) is 0 Å². The Morgan fingerprint density at radius 2 is 1.82 bits per heavy atom. The molecule has 0 radical (unpaired) electrons. The van der Waals surface area contributed by atoms with Crippen LogP contribution in [0.4, 0.5) is 13.2 Å². The molecule has 3 nitrogen and oxygen atoms in total. The first-order chi connectivity index (χ1) is 8.02. The van der Waals surface area contributed by atoms with E-state index in [1.807, 2.05) is 0 Å². The third-order valence-electron chi connectivity index (χ3n) is 2.28. The van der Waals surface area contributed by atoms with Crippen molar-refractivity contribution in [2.45, 2.75) is 0 Å². The van der Waals surface area contributed by atoms with Crippen molar-refractivity contribution in [3.8, 4) is 5.69 Å². The lowest BCUT2D eigenvalue weighted by molar-refractivity contribution is 0.0994. The maximum absolute atomic E-state index is 13.5. The Balaban J connectivity index is 2.65. The number of carbonyl (C=O) groups excluding carboxylic acids is 1. The minimum absolute atomic E-state index is 0.0186. The van der Waals surface area contributed by atoms with Crippen LogP contribution >= 0.6 is 0 Å². The van der Waals surface area contributed by atoms with Crippen molar-refractivity contribution in [3.05, 3.63) is 53.6 Å². The lowest BCUT2D eigenvalue weighted by Gasteiger charge is -2.08. The zero-order valence-corrected chi connectivity index (χ0v) is 8.45. The fourth-order valence-electron chi connectivity index (χ4n) is 1.49. The van der Waals surface area contributed by atoms with Crippen LogP contribution in [0.5, 0.6) is 0 Å². The van der Waals surface area contributed by atoms with E-state index in [0.29, 0.717) is 0 Å². The van der Waals surface area contributed by atoms with Gasteiger partial charge in [0.15, 0.2) is 17.5 Å². The first-order valence-electron chi connectivity index (χ1n) is 4.63. The second-order valence-corrected chi connectivity index (χ2v) is 3.32. The van der Waals surface area contributed by atoms with Crippen LogP contribution < -0.4 is 5.73 Å². The van der Waals surface area contributed by atoms with Gasteiger partial charge < -0.3 is 10.3 Å². The minimum atomic E-state index is -1.59. The number of primary amides is 1. The van der Waals surface area contributed by atoms with Crippen molar-refractivity contribution < 1.29 is 18.0 Å². The summed E-state index contributed by atoms with van der Waals surface area (Å²) in [4.78, 5) is 11.0. The van der Waals surface area contributed by atoms with Crippen molar-refractivity contribution in [3.63, 3.8) is 0 Å². The molecule has 0 atom stereocenters. The molecule has 0 spiro atoms. The Kier molecular flexibility index (Phi) is 2.63. The number of hydrogen-bond acceptors (Lipinski definition) is 1. The molecule has 0 saturated heterocycles. The molecule has 1 aromatic heterocycles. The number of rotatable bonds is 2. The molecule has 0 aliphatic rings. The van der Waals surface area contributed by atoms with Crippen molar-refractivity contribution in [2.75, 3.05) is 0 Å². The monoisotopic (exact) mass is 240 g/mol. The molecule has 1 aromatic carbocycles. The van der Waals surface area contributed by atoms with E-state index in [-0.39, 0.29) is 11.4 Å². The molecule has 0 aliphatic heterocycles. The number of hydrogen-bond donors (Lipinski definition) is 1. The number of halogens is 3. The average molecular weight is 240 g/mol. The quantitative estimate of drug-likeness (QED) is 0.802. The van der Waals surface area contributed by atoms with Gasteiger partial charge in [-0.2, -0.15) is 0 Å². The number of carbonyl (C=O) groups is 1. The van der Waals surface area contributed by atoms with E-state index in [2.05, 4.69) is 0 Å². The van der Waals surface area contributed by atoms with Gasteiger partial charge in [0.2, 0.25) is 0 Å². The Morgan fingerprint density at radius 1 is 1.12 bits per heavy atom. The Bertz CT molecular complexity index is 592. The van der Waals surface area contributed by atoms with Gasteiger partial charge in [0, 0.05) is 6.20 Å². The Labute approximate surface area is 94.3 Å². The molecule has 2 aromatic rings. The summed E-state index contributed by atoms with van der Waals surface area (Å²) in [6.45, 7) is 0. The van der Waals surface area contributed by atoms with Crippen molar-refractivity contribution >= 4 is 5.91 Å². The van der Waals surface area contributed by atoms with Gasteiger partial charge in [-0.1, -0.05) is 0 Å². The molecule has 2 rings (SSSR count). The highest BCUT2D eigenvalue weighted by molar-refractivity contribution is 5.91. The molecule has 0 bridgehead atoms. The summed E-state index contributed by atoms with van der Waals surface area (Å²) in [7, 11) is 0. The molecule has 2 N–H and O–H groups in total. The third-order valence-corrected chi connectivity index (χ3v) is 2.28. The van der Waals surface area contributed by atoms with Crippen LogP contribution in [0.1, 0.15) is 10.5 Å². The second kappa shape index (κ2) is 3.97. The summed E-state index contributed by atoms with van der Waals surface area (Å²) in [6.07, 6.45) is 1.33. The summed E-state index contributed by atoms with van der Waals surface area (Å²) in [5.41, 5.74) is 4.77. The fourth-order valence-corrected chi connectivity index (χ4v) is 1.49. The van der Waals surface area contributed by atoms with Crippen molar-refractivity contribution in [1.82, 2.24) is 4.57 Å². The first kappa shape index (κ1) is 11.3. The second-order valence-electron chi connectivity index (χ2n) is 3.32. The van der Waals surface area contributed by atoms with Gasteiger partial charge in [0.05, 0.1) is 5.69 Å². The van der Waals surface area contributed by atoms with E-state index < -0.39 is 23.4 Å². The maximum Gasteiger partial charge on any atom is 0.265 e. The van der Waals surface area contributed by atoms with Gasteiger partial charge in [-0.3, -0.25) is 4.79 Å². The van der Waals surface area contributed by atoms with Gasteiger partial charge in [0.1, 0.15) is 5.69 Å². The van der Waals surface area contributed by atoms with Gasteiger partial charge in [-0.15, -0.1) is 0 Å². The van der Waals surface area contributed by atoms with Crippen LogP contribution in [0.2, 0.25) is 0 Å². The summed E-state index contributed by atoms with van der Waals surface area (Å²) in [6, 6.07) is 4.60. The molecular weight excluding hydrogens is 233 g/mol. The summed E-state index contributed by atoms with van der Waals surface area (Å²) in [5.74, 6) is -5.05. The average Bonchev–Trinajstić information content (AvgIpc) is 2.75. The van der Waals surface area contributed by atoms with Crippen molar-refractivity contribution in [1.29, 1.82) is 0 Å². The molecule has 0 unspecified atom stereocenters. The lowest BCUT2D eigenvalue weighted by Crippen LogP contribution is -2.16. The zero-order chi connectivity index (χ0) is 12.6. The lowest BCUT2D eigenvalue weighted by atomic mass is 10.2. The molecule has 88 valence electrons. The Morgan fingerprint density at radius 3 is 2.47 bits per heavy atom. The highest BCUT2D eigenvalue weighted by Crippen LogP contribution is 2.20. The molecule has 1 amide bonds. The number of aromatic nitrogens is 1. The van der Waals surface area contributed by atoms with E-state index in [4.69, 9.17) is 5.73 Å². The van der Waals surface area contributed by atoms with Gasteiger partial charge >= 0.3 is 0 Å². The summed E-state index contributed by atoms with van der Waals surface area (Å²) < 4.78 is 40.3. The van der Waals surface area contributed by atoms with Crippen molar-refractivity contribution in [2.24, 2.45) is 5.73 Å². The first-order valence-corrected chi connectivity index (χ1v) is 4.63. The third kappa shape index (κ3) is 1.77. The van der Waals surface area contributed by atoms with Crippen LogP contribution in [0.15, 0.2) is 30.5 Å². The van der Waals surface area contributed by atoms with E-state index in [9.17, 15) is 18.0 Å². The summed E-state index contributed by atoms with van der Waals surface area (Å²) in [5, 5.41) is 0. The van der Waals surface area contributed by atoms with Crippen LogP contribution in [0, 0.1) is 17.5 Å².